The first-order valence-corrected chi connectivity index (χ1v) is 6.40. The molecule has 0 atom stereocenters. The van der Waals surface area contributed by atoms with E-state index in [0.29, 0.717) is 11.9 Å². The van der Waals surface area contributed by atoms with Crippen LogP contribution in [0.25, 0.3) is 0 Å². The van der Waals surface area contributed by atoms with Crippen LogP contribution >= 0.6 is 0 Å². The van der Waals surface area contributed by atoms with E-state index < -0.39 is 0 Å². The number of nitrogen functional groups attached to an aromatic ring is 1. The van der Waals surface area contributed by atoms with E-state index in [0.717, 1.165) is 18.3 Å². The van der Waals surface area contributed by atoms with Crippen molar-refractivity contribution in [3.05, 3.63) is 5.82 Å². The summed E-state index contributed by atoms with van der Waals surface area (Å²) in [5, 5.41) is 3.24. The smallest absolute Gasteiger partial charge is 0.227 e. The maximum atomic E-state index is 5.66. The quantitative estimate of drug-likeness (QED) is 0.818. The molecule has 3 N–H and O–H groups in total. The van der Waals surface area contributed by atoms with Gasteiger partial charge in [-0.25, -0.2) is 0 Å². The maximum Gasteiger partial charge on any atom is 0.227 e. The van der Waals surface area contributed by atoms with E-state index in [9.17, 15) is 0 Å². The predicted octanol–water partition coefficient (Wildman–Crippen LogP) is 2.18. The minimum absolute atomic E-state index is 0.271. The van der Waals surface area contributed by atoms with Gasteiger partial charge in [-0.15, -0.1) is 0 Å². The predicted molar refractivity (Wildman–Crippen MR) is 68.8 cm³/mol. The fourth-order valence-corrected chi connectivity index (χ4v) is 1.92. The lowest BCUT2D eigenvalue weighted by atomic mass is 9.83. The van der Waals surface area contributed by atoms with Gasteiger partial charge in [0.1, 0.15) is 5.82 Å². The van der Waals surface area contributed by atoms with Crippen molar-refractivity contribution >= 4 is 11.9 Å². The van der Waals surface area contributed by atoms with Crippen LogP contribution in [0.5, 0.6) is 0 Å². The van der Waals surface area contributed by atoms with Crippen molar-refractivity contribution < 1.29 is 0 Å². The second-order valence-corrected chi connectivity index (χ2v) is 5.04. The Morgan fingerprint density at radius 1 is 1.29 bits per heavy atom. The molecular weight excluding hydrogens is 214 g/mol. The third kappa shape index (κ3) is 3.28. The molecule has 1 heterocycles. The highest BCUT2D eigenvalue weighted by atomic mass is 15.2. The molecule has 5 heteroatoms. The van der Waals surface area contributed by atoms with Gasteiger partial charge >= 0.3 is 0 Å². The number of hydrogen-bond donors (Lipinski definition) is 2. The Hall–Kier alpha value is -1.39. The van der Waals surface area contributed by atoms with Crippen molar-refractivity contribution in [2.24, 2.45) is 5.92 Å². The van der Waals surface area contributed by atoms with Gasteiger partial charge in [-0.05, 0) is 12.3 Å². The van der Waals surface area contributed by atoms with E-state index in [1.807, 2.05) is 13.8 Å². The second kappa shape index (κ2) is 5.29. The fraction of sp³-hybridized carbons (Fsp3) is 0.750. The molecule has 0 saturated heterocycles. The van der Waals surface area contributed by atoms with Gasteiger partial charge in [0.25, 0.3) is 0 Å². The van der Waals surface area contributed by atoms with Gasteiger partial charge in [-0.2, -0.15) is 15.0 Å². The van der Waals surface area contributed by atoms with Crippen molar-refractivity contribution in [2.75, 3.05) is 17.6 Å². The van der Waals surface area contributed by atoms with E-state index in [2.05, 4.69) is 20.3 Å². The van der Waals surface area contributed by atoms with Gasteiger partial charge in [-0.1, -0.05) is 33.1 Å². The lowest BCUT2D eigenvalue weighted by Crippen LogP contribution is -2.17. The molecule has 0 aromatic carbocycles. The van der Waals surface area contributed by atoms with Gasteiger partial charge in [0, 0.05) is 12.5 Å². The molecule has 1 aromatic rings. The van der Waals surface area contributed by atoms with E-state index in [1.54, 1.807) is 0 Å². The Labute approximate surface area is 102 Å². The molecule has 0 bridgehead atoms. The van der Waals surface area contributed by atoms with Crippen molar-refractivity contribution in [3.63, 3.8) is 0 Å². The van der Waals surface area contributed by atoms with E-state index in [1.165, 1.54) is 25.7 Å². The standard InChI is InChI=1S/C12H21N5/c1-8(2)10-15-11(13)17-12(16-10)14-7-6-9-4-3-5-9/h8-9H,3-7H2,1-2H3,(H3,13,14,15,16,17). The summed E-state index contributed by atoms with van der Waals surface area (Å²) < 4.78 is 0. The van der Waals surface area contributed by atoms with Crippen LogP contribution in [-0.2, 0) is 0 Å². The first kappa shape index (κ1) is 12.1. The van der Waals surface area contributed by atoms with Gasteiger partial charge in [0.05, 0.1) is 0 Å². The molecule has 1 saturated carbocycles. The molecule has 2 rings (SSSR count). The summed E-state index contributed by atoms with van der Waals surface area (Å²) in [6.45, 7) is 5.02. The summed E-state index contributed by atoms with van der Waals surface area (Å²) in [4.78, 5) is 12.6. The minimum atomic E-state index is 0.271. The molecule has 0 aliphatic heterocycles. The molecular formula is C12H21N5. The Balaban J connectivity index is 1.90. The Morgan fingerprint density at radius 3 is 2.65 bits per heavy atom. The van der Waals surface area contributed by atoms with Gasteiger partial charge in [-0.3, -0.25) is 0 Å². The zero-order valence-electron chi connectivity index (χ0n) is 10.6. The largest absolute Gasteiger partial charge is 0.368 e. The molecule has 0 unspecified atom stereocenters. The van der Waals surface area contributed by atoms with Crippen molar-refractivity contribution in [2.45, 2.75) is 45.4 Å². The highest BCUT2D eigenvalue weighted by molar-refractivity contribution is 5.31. The van der Waals surface area contributed by atoms with E-state index in [-0.39, 0.29) is 5.92 Å². The number of aromatic nitrogens is 3. The first-order chi connectivity index (χ1) is 8.15. The van der Waals surface area contributed by atoms with Gasteiger partial charge in [0.2, 0.25) is 11.9 Å². The molecule has 0 spiro atoms. The summed E-state index contributed by atoms with van der Waals surface area (Å²) in [6, 6.07) is 0. The minimum Gasteiger partial charge on any atom is -0.368 e. The monoisotopic (exact) mass is 235 g/mol. The van der Waals surface area contributed by atoms with Crippen LogP contribution in [0.15, 0.2) is 0 Å². The maximum absolute atomic E-state index is 5.66. The highest BCUT2D eigenvalue weighted by Gasteiger charge is 2.16. The van der Waals surface area contributed by atoms with Crippen LogP contribution in [0.3, 0.4) is 0 Å². The van der Waals surface area contributed by atoms with Crippen molar-refractivity contribution in [3.8, 4) is 0 Å². The molecule has 94 valence electrons. The number of hydrogen-bond acceptors (Lipinski definition) is 5. The third-order valence-electron chi connectivity index (χ3n) is 3.25. The van der Waals surface area contributed by atoms with E-state index in [4.69, 9.17) is 5.73 Å². The molecule has 5 nitrogen and oxygen atoms in total. The Bertz CT molecular complexity index is 373. The van der Waals surface area contributed by atoms with Crippen molar-refractivity contribution in [1.82, 2.24) is 15.0 Å². The number of rotatable bonds is 5. The van der Waals surface area contributed by atoms with Crippen LogP contribution in [-0.4, -0.2) is 21.5 Å². The fourth-order valence-electron chi connectivity index (χ4n) is 1.92. The number of anilines is 2. The van der Waals surface area contributed by atoms with Crippen LogP contribution in [0, 0.1) is 5.92 Å². The number of nitrogens with zero attached hydrogens (tertiary/aromatic N) is 3. The summed E-state index contributed by atoms with van der Waals surface area (Å²) >= 11 is 0. The van der Waals surface area contributed by atoms with Gasteiger partial charge < -0.3 is 11.1 Å². The molecule has 1 fully saturated rings. The third-order valence-corrected chi connectivity index (χ3v) is 3.25. The summed E-state index contributed by atoms with van der Waals surface area (Å²) in [5.41, 5.74) is 5.66. The summed E-state index contributed by atoms with van der Waals surface area (Å²) in [5.74, 6) is 2.83. The zero-order valence-corrected chi connectivity index (χ0v) is 10.6. The van der Waals surface area contributed by atoms with Crippen molar-refractivity contribution in [1.29, 1.82) is 0 Å². The number of nitrogens with one attached hydrogen (secondary N) is 1. The molecule has 1 aromatic heterocycles. The summed E-state index contributed by atoms with van der Waals surface area (Å²) in [7, 11) is 0. The topological polar surface area (TPSA) is 76.7 Å². The average molecular weight is 235 g/mol. The highest BCUT2D eigenvalue weighted by Crippen LogP contribution is 2.29. The summed E-state index contributed by atoms with van der Waals surface area (Å²) in [6.07, 6.45) is 5.33. The van der Waals surface area contributed by atoms with Crippen LogP contribution in [0.4, 0.5) is 11.9 Å². The second-order valence-electron chi connectivity index (χ2n) is 5.04. The van der Waals surface area contributed by atoms with Crippen LogP contribution < -0.4 is 11.1 Å². The number of nitrogens with two attached hydrogens (primary N) is 1. The van der Waals surface area contributed by atoms with E-state index >= 15 is 0 Å². The molecule has 1 aliphatic carbocycles. The van der Waals surface area contributed by atoms with Crippen LogP contribution in [0.1, 0.15) is 51.3 Å². The Morgan fingerprint density at radius 2 is 2.06 bits per heavy atom. The van der Waals surface area contributed by atoms with Crippen LogP contribution in [0.2, 0.25) is 0 Å². The first-order valence-electron chi connectivity index (χ1n) is 6.40. The van der Waals surface area contributed by atoms with Gasteiger partial charge in [0.15, 0.2) is 0 Å². The zero-order chi connectivity index (χ0) is 12.3. The SMILES string of the molecule is CC(C)c1nc(N)nc(NCCC2CCC2)n1. The molecule has 1 aliphatic rings. The Kier molecular flexibility index (Phi) is 3.76. The molecule has 0 amide bonds. The normalized spacial score (nSPS) is 15.9. The molecule has 0 radical (unpaired) electrons. The lowest BCUT2D eigenvalue weighted by molar-refractivity contribution is 0.302. The average Bonchev–Trinajstić information content (AvgIpc) is 2.21. The molecule has 17 heavy (non-hydrogen) atoms. The lowest BCUT2D eigenvalue weighted by Gasteiger charge is -2.25.